The molecule has 280 valence electrons. The Balaban J connectivity index is 1.54. The normalized spacial score (nSPS) is 11.4. The summed E-state index contributed by atoms with van der Waals surface area (Å²) in [7, 11) is 0.334. The minimum absolute atomic E-state index is 0.0111. The fraction of sp³-hybridized carbons (Fsp3) is 0.273. The Bertz CT molecular complexity index is 1950. The standard InChI is InChI=1S/C44H47NO8Si/c1-44(2,3)54(38-17-11-7-12-18-38,39-19-13-8-14-20-39)52-31-36-30-41(48-5)35(29-42(36)51-32-49-26-25-47-4)27-34-28-37(21-22-40(34)50-24-23-45)53-43(46)33-15-9-6-10-16-33/h6-22,28-30H,24-27,31-32H2,1-5H3. The molecule has 0 aromatic heterocycles. The van der Waals surface area contributed by atoms with E-state index in [-0.39, 0.29) is 25.0 Å². The molecule has 54 heavy (non-hydrogen) atoms. The van der Waals surface area contributed by atoms with Gasteiger partial charge in [0.2, 0.25) is 0 Å². The topological polar surface area (TPSA) is 105 Å². The zero-order valence-electron chi connectivity index (χ0n) is 31.5. The average molecular weight is 746 g/mol. The number of carbonyl (C=O) groups is 1. The Hall–Kier alpha value is -5.44. The SMILES string of the molecule is COCCOCOc1cc(Cc2cc(OC(=O)c3ccccc3)ccc2OCC#N)c(OC)cc1CO[Si](c1ccccc1)(c1ccccc1)C(C)(C)C. The van der Waals surface area contributed by atoms with Gasteiger partial charge in [0, 0.05) is 30.2 Å². The van der Waals surface area contributed by atoms with Gasteiger partial charge in [-0.2, -0.15) is 5.26 Å². The maximum absolute atomic E-state index is 12.9. The van der Waals surface area contributed by atoms with Gasteiger partial charge in [-0.05, 0) is 57.9 Å². The summed E-state index contributed by atoms with van der Waals surface area (Å²) < 4.78 is 42.0. The van der Waals surface area contributed by atoms with Gasteiger partial charge in [-0.15, -0.1) is 0 Å². The second-order valence-electron chi connectivity index (χ2n) is 13.5. The quantitative estimate of drug-likeness (QED) is 0.0297. The van der Waals surface area contributed by atoms with Crippen molar-refractivity contribution in [2.45, 2.75) is 38.8 Å². The molecule has 9 nitrogen and oxygen atoms in total. The molecule has 0 atom stereocenters. The fourth-order valence-corrected chi connectivity index (χ4v) is 11.0. The molecule has 10 heteroatoms. The lowest BCUT2D eigenvalue weighted by atomic mass is 10.0. The predicted octanol–water partition coefficient (Wildman–Crippen LogP) is 7.48. The van der Waals surface area contributed by atoms with Gasteiger partial charge in [-0.1, -0.05) is 99.6 Å². The van der Waals surface area contributed by atoms with E-state index in [4.69, 9.17) is 32.8 Å². The van der Waals surface area contributed by atoms with Crippen LogP contribution in [0.2, 0.25) is 5.04 Å². The number of carbonyl (C=O) groups excluding carboxylic acids is 1. The minimum Gasteiger partial charge on any atom is -0.496 e. The van der Waals surface area contributed by atoms with Crippen molar-refractivity contribution in [2.75, 3.05) is 40.8 Å². The van der Waals surface area contributed by atoms with Crippen molar-refractivity contribution in [3.8, 4) is 29.1 Å². The van der Waals surface area contributed by atoms with Crippen LogP contribution in [0.5, 0.6) is 23.0 Å². The van der Waals surface area contributed by atoms with Crippen molar-refractivity contribution in [3.05, 3.63) is 144 Å². The van der Waals surface area contributed by atoms with Crippen molar-refractivity contribution in [1.82, 2.24) is 0 Å². The molecule has 5 rings (SSSR count). The van der Waals surface area contributed by atoms with Crippen LogP contribution in [-0.2, 0) is 26.9 Å². The number of esters is 1. The number of ether oxygens (including phenoxy) is 6. The Kier molecular flexibility index (Phi) is 14.0. The molecular formula is C44H47NO8Si. The number of rotatable bonds is 18. The highest BCUT2D eigenvalue weighted by Gasteiger charge is 2.50. The molecule has 5 aromatic carbocycles. The Morgan fingerprint density at radius 2 is 1.31 bits per heavy atom. The number of methoxy groups -OCH3 is 2. The molecule has 0 aliphatic carbocycles. The molecule has 0 saturated carbocycles. The van der Waals surface area contributed by atoms with Crippen molar-refractivity contribution < 1.29 is 37.6 Å². The number of nitrogens with zero attached hydrogens (tertiary/aromatic N) is 1. The summed E-state index contributed by atoms with van der Waals surface area (Å²) >= 11 is 0. The van der Waals surface area contributed by atoms with Crippen LogP contribution < -0.4 is 29.3 Å². The van der Waals surface area contributed by atoms with E-state index in [0.29, 0.717) is 53.8 Å². The van der Waals surface area contributed by atoms with Crippen molar-refractivity contribution in [1.29, 1.82) is 5.26 Å². The van der Waals surface area contributed by atoms with E-state index < -0.39 is 14.3 Å². The van der Waals surface area contributed by atoms with Gasteiger partial charge in [0.05, 0.1) is 32.5 Å². The van der Waals surface area contributed by atoms with Crippen LogP contribution in [0.25, 0.3) is 0 Å². The maximum Gasteiger partial charge on any atom is 0.343 e. The Morgan fingerprint density at radius 1 is 0.704 bits per heavy atom. The summed E-state index contributed by atoms with van der Waals surface area (Å²) in [5.41, 5.74) is 2.66. The van der Waals surface area contributed by atoms with Crippen LogP contribution in [0.4, 0.5) is 0 Å². The highest BCUT2D eigenvalue weighted by molar-refractivity contribution is 6.99. The Labute approximate surface area is 319 Å². The van der Waals surface area contributed by atoms with Crippen LogP contribution in [0, 0.1) is 11.3 Å². The van der Waals surface area contributed by atoms with E-state index in [0.717, 1.165) is 21.5 Å². The summed E-state index contributed by atoms with van der Waals surface area (Å²) in [4.78, 5) is 12.9. The number of hydrogen-bond acceptors (Lipinski definition) is 9. The van der Waals surface area contributed by atoms with E-state index in [1.807, 2.05) is 36.4 Å². The van der Waals surface area contributed by atoms with Crippen molar-refractivity contribution >= 4 is 24.7 Å². The van der Waals surface area contributed by atoms with Gasteiger partial charge in [-0.25, -0.2) is 4.79 Å². The molecule has 0 N–H and O–H groups in total. The second-order valence-corrected chi connectivity index (χ2v) is 17.8. The molecule has 0 amide bonds. The van der Waals surface area contributed by atoms with E-state index in [1.54, 1.807) is 56.7 Å². The highest BCUT2D eigenvalue weighted by atomic mass is 28.4. The van der Waals surface area contributed by atoms with Gasteiger partial charge in [0.25, 0.3) is 8.32 Å². The van der Waals surface area contributed by atoms with Gasteiger partial charge in [0.15, 0.2) is 13.4 Å². The average Bonchev–Trinajstić information content (AvgIpc) is 3.19. The zero-order valence-corrected chi connectivity index (χ0v) is 32.5. The largest absolute Gasteiger partial charge is 0.496 e. The molecule has 0 unspecified atom stereocenters. The molecule has 5 aromatic rings. The summed E-state index contributed by atoms with van der Waals surface area (Å²) in [6, 6.07) is 40.7. The highest BCUT2D eigenvalue weighted by Crippen LogP contribution is 2.39. The fourth-order valence-electron chi connectivity index (χ4n) is 6.43. The molecule has 0 heterocycles. The lowest BCUT2D eigenvalue weighted by molar-refractivity contribution is -0.00927. The summed E-state index contributed by atoms with van der Waals surface area (Å²) in [5.74, 6) is 1.48. The molecule has 0 aliphatic heterocycles. The van der Waals surface area contributed by atoms with Crippen LogP contribution in [-0.4, -0.2) is 55.1 Å². The van der Waals surface area contributed by atoms with Crippen LogP contribution >= 0.6 is 0 Å². The molecule has 0 fully saturated rings. The van der Waals surface area contributed by atoms with E-state index in [1.165, 1.54) is 0 Å². The molecule has 0 radical (unpaired) electrons. The minimum atomic E-state index is -2.90. The van der Waals surface area contributed by atoms with Crippen molar-refractivity contribution in [2.24, 2.45) is 0 Å². The molecular weight excluding hydrogens is 699 g/mol. The Morgan fingerprint density at radius 3 is 1.91 bits per heavy atom. The summed E-state index contributed by atoms with van der Waals surface area (Å²) in [5, 5.41) is 11.4. The summed E-state index contributed by atoms with van der Waals surface area (Å²) in [6.07, 6.45) is 0.303. The third kappa shape index (κ3) is 9.75. The van der Waals surface area contributed by atoms with Gasteiger partial charge < -0.3 is 32.8 Å². The van der Waals surface area contributed by atoms with Crippen molar-refractivity contribution in [3.63, 3.8) is 0 Å². The molecule has 0 bridgehead atoms. The lowest BCUT2D eigenvalue weighted by Crippen LogP contribution is -2.66. The number of benzene rings is 5. The van der Waals surface area contributed by atoms with Gasteiger partial charge in [-0.3, -0.25) is 0 Å². The monoisotopic (exact) mass is 745 g/mol. The number of hydrogen-bond donors (Lipinski definition) is 0. The first-order valence-corrected chi connectivity index (χ1v) is 19.6. The van der Waals surface area contributed by atoms with Crippen LogP contribution in [0.15, 0.2) is 121 Å². The zero-order chi connectivity index (χ0) is 38.4. The van der Waals surface area contributed by atoms with Gasteiger partial charge in [0.1, 0.15) is 29.1 Å². The first-order valence-electron chi connectivity index (χ1n) is 17.7. The van der Waals surface area contributed by atoms with E-state index >= 15 is 0 Å². The predicted molar refractivity (Wildman–Crippen MR) is 210 cm³/mol. The first kappa shape index (κ1) is 39.8. The lowest BCUT2D eigenvalue weighted by Gasteiger charge is -2.43. The van der Waals surface area contributed by atoms with E-state index in [9.17, 15) is 10.1 Å². The maximum atomic E-state index is 12.9. The van der Waals surface area contributed by atoms with Crippen LogP contribution in [0.1, 0.15) is 47.8 Å². The number of nitriles is 1. The van der Waals surface area contributed by atoms with Gasteiger partial charge >= 0.3 is 5.97 Å². The molecule has 0 saturated heterocycles. The second kappa shape index (κ2) is 19.1. The van der Waals surface area contributed by atoms with Crippen LogP contribution in [0.3, 0.4) is 0 Å². The first-order chi connectivity index (χ1) is 26.2. The third-order valence-electron chi connectivity index (χ3n) is 8.98. The molecule has 0 aliphatic rings. The third-order valence-corrected chi connectivity index (χ3v) is 14.0. The smallest absolute Gasteiger partial charge is 0.343 e. The van der Waals surface area contributed by atoms with E-state index in [2.05, 4.69) is 69.3 Å². The summed E-state index contributed by atoms with van der Waals surface area (Å²) in [6.45, 7) is 7.57. The molecule has 0 spiro atoms.